The maximum atomic E-state index is 6.09. The first kappa shape index (κ1) is 13.2. The van der Waals surface area contributed by atoms with Crippen LogP contribution < -0.4 is 0 Å². The number of hydrogen-bond acceptors (Lipinski definition) is 1. The van der Waals surface area contributed by atoms with Crippen molar-refractivity contribution in [3.05, 3.63) is 0 Å². The van der Waals surface area contributed by atoms with Crippen LogP contribution in [-0.4, -0.2) is 15.1 Å². The first-order chi connectivity index (χ1) is 6.02. The number of hydrogen-bond donors (Lipinski definition) is 0. The molecule has 0 rings (SSSR count). The molecule has 0 spiro atoms. The van der Waals surface area contributed by atoms with Gasteiger partial charge < -0.3 is 4.43 Å². The summed E-state index contributed by atoms with van der Waals surface area (Å²) in [6.07, 6.45) is 2.96. The van der Waals surface area contributed by atoms with Gasteiger partial charge in [0.15, 0.2) is 9.04 Å². The van der Waals surface area contributed by atoms with Crippen molar-refractivity contribution in [2.45, 2.75) is 71.6 Å². The van der Waals surface area contributed by atoms with Gasteiger partial charge in [-0.25, -0.2) is 0 Å². The summed E-state index contributed by atoms with van der Waals surface area (Å²) in [5.41, 5.74) is 1.63. The van der Waals surface area contributed by atoms with Crippen LogP contribution in [-0.2, 0) is 4.43 Å². The van der Waals surface area contributed by atoms with Crippen LogP contribution in [0.1, 0.15) is 54.4 Å². The van der Waals surface area contributed by atoms with Crippen LogP contribution in [0.3, 0.4) is 0 Å². The minimum atomic E-state index is -0.980. The van der Waals surface area contributed by atoms with Crippen molar-refractivity contribution in [1.29, 1.82) is 0 Å². The molecule has 1 nitrogen and oxygen atoms in total. The van der Waals surface area contributed by atoms with E-state index in [1.54, 1.807) is 0 Å². The van der Waals surface area contributed by atoms with E-state index in [-0.39, 0.29) is 0 Å². The summed E-state index contributed by atoms with van der Waals surface area (Å²) in [6.45, 7) is 13.6. The minimum Gasteiger partial charge on any atom is -0.417 e. The largest absolute Gasteiger partial charge is 0.417 e. The van der Waals surface area contributed by atoms with Gasteiger partial charge in [-0.1, -0.05) is 40.5 Å². The first-order valence-electron chi connectivity index (χ1n) is 5.68. The second-order valence-electron chi connectivity index (χ2n) is 4.42. The fourth-order valence-corrected chi connectivity index (χ4v) is 4.82. The Hall–Kier alpha value is 0.177. The van der Waals surface area contributed by atoms with Crippen molar-refractivity contribution in [2.24, 2.45) is 0 Å². The molecule has 0 aliphatic carbocycles. The van der Waals surface area contributed by atoms with Crippen LogP contribution >= 0.6 is 0 Å². The highest BCUT2D eigenvalue weighted by atomic mass is 28.3. The zero-order valence-corrected chi connectivity index (χ0v) is 11.3. The average Bonchev–Trinajstić information content (AvgIpc) is 2.11. The highest BCUT2D eigenvalue weighted by Crippen LogP contribution is 2.27. The van der Waals surface area contributed by atoms with Gasteiger partial charge in [0.05, 0.1) is 0 Å². The Labute approximate surface area is 85.6 Å². The molecule has 0 radical (unpaired) electrons. The third-order valence-electron chi connectivity index (χ3n) is 2.84. The molecule has 0 aliphatic heterocycles. The summed E-state index contributed by atoms with van der Waals surface area (Å²) in [6, 6.07) is 0. The fourth-order valence-electron chi connectivity index (χ4n) is 1.61. The molecule has 0 aromatic rings. The Kier molecular flexibility index (Phi) is 6.69. The minimum absolute atomic E-state index is 0.416. The van der Waals surface area contributed by atoms with Gasteiger partial charge in [-0.05, 0) is 24.9 Å². The molecule has 0 bridgehead atoms. The van der Waals surface area contributed by atoms with Crippen molar-refractivity contribution >= 4 is 9.04 Å². The van der Waals surface area contributed by atoms with Gasteiger partial charge in [-0.3, -0.25) is 0 Å². The zero-order valence-electron chi connectivity index (χ0n) is 10.1. The molecule has 0 saturated carbocycles. The van der Waals surface area contributed by atoms with Crippen molar-refractivity contribution in [3.8, 4) is 0 Å². The lowest BCUT2D eigenvalue weighted by Gasteiger charge is -2.28. The van der Waals surface area contributed by atoms with Crippen molar-refractivity contribution in [3.63, 3.8) is 0 Å². The lowest BCUT2D eigenvalue weighted by Crippen LogP contribution is -2.30. The molecule has 0 amide bonds. The molecule has 0 aromatic carbocycles. The van der Waals surface area contributed by atoms with E-state index in [1.165, 1.54) is 12.8 Å². The van der Waals surface area contributed by atoms with Gasteiger partial charge in [0.25, 0.3) is 0 Å². The van der Waals surface area contributed by atoms with Crippen LogP contribution in [0.15, 0.2) is 0 Å². The van der Waals surface area contributed by atoms with Gasteiger partial charge in [-0.2, -0.15) is 0 Å². The molecule has 0 fully saturated rings. The van der Waals surface area contributed by atoms with Gasteiger partial charge in [0.2, 0.25) is 0 Å². The predicted molar refractivity (Wildman–Crippen MR) is 62.8 cm³/mol. The van der Waals surface area contributed by atoms with E-state index >= 15 is 0 Å². The maximum Gasteiger partial charge on any atom is 0.182 e. The molecular formula is C11H26OSi. The third-order valence-corrected chi connectivity index (χ3v) is 6.88. The van der Waals surface area contributed by atoms with E-state index in [9.17, 15) is 0 Å². The Balaban J connectivity index is 4.17. The standard InChI is InChI=1S/C11H26OSi/c1-7-10(5)13(11(6)8-2)12-9(3)4/h9-11,13H,7-8H2,1-6H3. The Bertz CT molecular complexity index is 115. The van der Waals surface area contributed by atoms with E-state index in [0.29, 0.717) is 6.10 Å². The maximum absolute atomic E-state index is 6.09. The van der Waals surface area contributed by atoms with E-state index < -0.39 is 9.04 Å². The molecule has 0 aliphatic rings. The summed E-state index contributed by atoms with van der Waals surface area (Å²) < 4.78 is 6.09. The van der Waals surface area contributed by atoms with Crippen molar-refractivity contribution < 1.29 is 4.43 Å². The van der Waals surface area contributed by atoms with Gasteiger partial charge >= 0.3 is 0 Å². The summed E-state index contributed by atoms with van der Waals surface area (Å²) in [4.78, 5) is 0. The second-order valence-corrected chi connectivity index (χ2v) is 7.90. The molecule has 0 saturated heterocycles. The lowest BCUT2D eigenvalue weighted by atomic mass is 10.4. The van der Waals surface area contributed by atoms with Crippen LogP contribution in [0, 0.1) is 0 Å². The zero-order chi connectivity index (χ0) is 10.4. The van der Waals surface area contributed by atoms with Crippen LogP contribution in [0.25, 0.3) is 0 Å². The predicted octanol–water partition coefficient (Wildman–Crippen LogP) is 3.74. The monoisotopic (exact) mass is 202 g/mol. The van der Waals surface area contributed by atoms with E-state index in [4.69, 9.17) is 4.43 Å². The third kappa shape index (κ3) is 4.82. The number of rotatable bonds is 6. The normalized spacial score (nSPS) is 18.7. The molecule has 0 heterocycles. The Morgan fingerprint density at radius 1 is 0.923 bits per heavy atom. The van der Waals surface area contributed by atoms with E-state index in [0.717, 1.165) is 11.1 Å². The van der Waals surface area contributed by atoms with Gasteiger partial charge in [0, 0.05) is 6.10 Å². The second kappa shape index (κ2) is 6.60. The quantitative estimate of drug-likeness (QED) is 0.596. The van der Waals surface area contributed by atoms with Crippen LogP contribution in [0.4, 0.5) is 0 Å². The smallest absolute Gasteiger partial charge is 0.182 e. The van der Waals surface area contributed by atoms with Gasteiger partial charge in [0.1, 0.15) is 0 Å². The highest BCUT2D eigenvalue weighted by Gasteiger charge is 2.25. The summed E-state index contributed by atoms with van der Waals surface area (Å²) in [5.74, 6) is 0. The van der Waals surface area contributed by atoms with Crippen LogP contribution in [0.5, 0.6) is 0 Å². The molecule has 2 atom stereocenters. The Morgan fingerprint density at radius 2 is 1.31 bits per heavy atom. The van der Waals surface area contributed by atoms with Crippen LogP contribution in [0.2, 0.25) is 11.1 Å². The molecular weight excluding hydrogens is 176 g/mol. The fraction of sp³-hybridized carbons (Fsp3) is 1.00. The van der Waals surface area contributed by atoms with Crippen molar-refractivity contribution in [2.75, 3.05) is 0 Å². The van der Waals surface area contributed by atoms with E-state index in [1.807, 2.05) is 0 Å². The van der Waals surface area contributed by atoms with Gasteiger partial charge in [-0.15, -0.1) is 0 Å². The molecule has 2 unspecified atom stereocenters. The molecule has 0 N–H and O–H groups in total. The molecule has 80 valence electrons. The summed E-state index contributed by atoms with van der Waals surface area (Å²) in [5, 5.41) is 0. The Morgan fingerprint density at radius 3 is 1.54 bits per heavy atom. The average molecular weight is 202 g/mol. The summed E-state index contributed by atoms with van der Waals surface area (Å²) >= 11 is 0. The SMILES string of the molecule is CCC(C)[SiH](OC(C)C)C(C)CC. The first-order valence-corrected chi connectivity index (χ1v) is 7.48. The highest BCUT2D eigenvalue weighted by molar-refractivity contribution is 6.55. The topological polar surface area (TPSA) is 9.23 Å². The van der Waals surface area contributed by atoms with E-state index in [2.05, 4.69) is 41.5 Å². The molecule has 2 heteroatoms. The molecule has 13 heavy (non-hydrogen) atoms. The molecule has 0 aromatic heterocycles. The van der Waals surface area contributed by atoms with Crippen molar-refractivity contribution in [1.82, 2.24) is 0 Å². The lowest BCUT2D eigenvalue weighted by molar-refractivity contribution is 0.230. The summed E-state index contributed by atoms with van der Waals surface area (Å²) in [7, 11) is -0.980.